The second kappa shape index (κ2) is 13.4. The smallest absolute Gasteiger partial charge is 0.321 e. The monoisotopic (exact) mass is 279 g/mol. The quantitative estimate of drug-likeness (QED) is 0.291. The molecule has 0 atom stereocenters. The second-order valence-electron chi connectivity index (χ2n) is 4.07. The molecule has 0 bridgehead atoms. The summed E-state index contributed by atoms with van der Waals surface area (Å²) in [5.74, 6) is 0. The summed E-state index contributed by atoms with van der Waals surface area (Å²) in [5, 5.41) is 0. The van der Waals surface area contributed by atoms with Gasteiger partial charge in [0.25, 0.3) is 0 Å². The van der Waals surface area contributed by atoms with Crippen LogP contribution < -0.4 is 0 Å². The van der Waals surface area contributed by atoms with Crippen LogP contribution >= 0.6 is 0 Å². The van der Waals surface area contributed by atoms with Crippen LogP contribution in [0.15, 0.2) is 0 Å². The Hall–Kier alpha value is 0.0169. The van der Waals surface area contributed by atoms with Gasteiger partial charge in [0.05, 0.1) is 0 Å². The Morgan fingerprint density at radius 2 is 1.44 bits per heavy atom. The van der Waals surface area contributed by atoms with E-state index in [4.69, 9.17) is 18.3 Å². The standard InChI is InChI=1S/C12H29NO4Si/c1-5-16-18(17-6-2)10-8-7-9-13(11-14-3)12-15-4/h18H,5-12H2,1-4H3. The first-order chi connectivity index (χ1) is 8.78. The van der Waals surface area contributed by atoms with Gasteiger partial charge in [0.2, 0.25) is 0 Å². The van der Waals surface area contributed by atoms with Gasteiger partial charge in [-0.05, 0) is 26.3 Å². The minimum Gasteiger partial charge on any atom is -0.397 e. The summed E-state index contributed by atoms with van der Waals surface area (Å²) < 4.78 is 21.5. The molecular weight excluding hydrogens is 250 g/mol. The lowest BCUT2D eigenvalue weighted by atomic mass is 10.3. The summed E-state index contributed by atoms with van der Waals surface area (Å²) in [5.41, 5.74) is 0. The summed E-state index contributed by atoms with van der Waals surface area (Å²) in [6.07, 6.45) is 2.26. The minimum atomic E-state index is -1.41. The molecule has 0 N–H and O–H groups in total. The van der Waals surface area contributed by atoms with Gasteiger partial charge in [-0.3, -0.25) is 4.90 Å². The average Bonchev–Trinajstić information content (AvgIpc) is 2.35. The summed E-state index contributed by atoms with van der Waals surface area (Å²) in [6, 6.07) is 1.08. The molecule has 0 unspecified atom stereocenters. The van der Waals surface area contributed by atoms with Gasteiger partial charge < -0.3 is 18.3 Å². The molecule has 0 aromatic heterocycles. The van der Waals surface area contributed by atoms with E-state index in [9.17, 15) is 0 Å². The maximum absolute atomic E-state index is 5.64. The molecule has 0 heterocycles. The molecule has 0 aliphatic heterocycles. The molecule has 110 valence electrons. The van der Waals surface area contributed by atoms with Crippen LogP contribution in [0.3, 0.4) is 0 Å². The van der Waals surface area contributed by atoms with Crippen LogP contribution in [0.5, 0.6) is 0 Å². The Kier molecular flexibility index (Phi) is 13.5. The van der Waals surface area contributed by atoms with E-state index in [-0.39, 0.29) is 0 Å². The molecule has 0 rings (SSSR count). The molecule has 0 spiro atoms. The lowest BCUT2D eigenvalue weighted by Crippen LogP contribution is -2.29. The zero-order chi connectivity index (χ0) is 13.6. The summed E-state index contributed by atoms with van der Waals surface area (Å²) >= 11 is 0. The van der Waals surface area contributed by atoms with Crippen molar-refractivity contribution in [3.05, 3.63) is 0 Å². The number of hydrogen-bond donors (Lipinski definition) is 0. The van der Waals surface area contributed by atoms with Gasteiger partial charge >= 0.3 is 9.28 Å². The van der Waals surface area contributed by atoms with Crippen molar-refractivity contribution < 1.29 is 18.3 Å². The molecular formula is C12H29NO4Si. The largest absolute Gasteiger partial charge is 0.397 e. The average molecular weight is 279 g/mol. The number of ether oxygens (including phenoxy) is 2. The topological polar surface area (TPSA) is 40.2 Å². The number of unbranched alkanes of at least 4 members (excludes halogenated alkanes) is 1. The van der Waals surface area contributed by atoms with Gasteiger partial charge in [0.15, 0.2) is 0 Å². The first-order valence-corrected chi connectivity index (χ1v) is 8.47. The number of hydrogen-bond acceptors (Lipinski definition) is 5. The fourth-order valence-electron chi connectivity index (χ4n) is 1.76. The van der Waals surface area contributed by atoms with Crippen LogP contribution in [-0.4, -0.2) is 61.6 Å². The number of rotatable bonds is 13. The molecule has 0 amide bonds. The highest BCUT2D eigenvalue weighted by molar-refractivity contribution is 6.44. The highest BCUT2D eigenvalue weighted by Gasteiger charge is 2.12. The maximum atomic E-state index is 5.64. The molecule has 18 heavy (non-hydrogen) atoms. The predicted molar refractivity (Wildman–Crippen MR) is 74.9 cm³/mol. The van der Waals surface area contributed by atoms with E-state index >= 15 is 0 Å². The van der Waals surface area contributed by atoms with Gasteiger partial charge in [-0.1, -0.05) is 6.42 Å². The zero-order valence-corrected chi connectivity index (χ0v) is 13.5. The Morgan fingerprint density at radius 3 is 1.89 bits per heavy atom. The molecule has 0 fully saturated rings. The summed E-state index contributed by atoms with van der Waals surface area (Å²) in [7, 11) is 2.00. The third-order valence-corrected chi connectivity index (χ3v) is 4.78. The number of nitrogens with zero attached hydrogens (tertiary/aromatic N) is 1. The fourth-order valence-corrected chi connectivity index (χ4v) is 3.56. The fraction of sp³-hybridized carbons (Fsp3) is 1.00. The third kappa shape index (κ3) is 9.99. The van der Waals surface area contributed by atoms with E-state index in [1.165, 1.54) is 0 Å². The van der Waals surface area contributed by atoms with Gasteiger partial charge in [0, 0.05) is 34.0 Å². The van der Waals surface area contributed by atoms with E-state index < -0.39 is 9.28 Å². The Balaban J connectivity index is 3.66. The number of methoxy groups -OCH3 is 2. The van der Waals surface area contributed by atoms with Gasteiger partial charge in [-0.25, -0.2) is 0 Å². The third-order valence-electron chi connectivity index (χ3n) is 2.49. The predicted octanol–water partition coefficient (Wildman–Crippen LogP) is 1.57. The molecule has 0 aromatic carbocycles. The van der Waals surface area contributed by atoms with Crippen molar-refractivity contribution in [3.8, 4) is 0 Å². The van der Waals surface area contributed by atoms with Crippen LogP contribution in [0.4, 0.5) is 0 Å². The summed E-state index contributed by atoms with van der Waals surface area (Å²) in [6.45, 7) is 7.79. The summed E-state index contributed by atoms with van der Waals surface area (Å²) in [4.78, 5) is 2.14. The molecule has 0 radical (unpaired) electrons. The highest BCUT2D eigenvalue weighted by Crippen LogP contribution is 2.06. The van der Waals surface area contributed by atoms with Crippen LogP contribution in [0.2, 0.25) is 6.04 Å². The lowest BCUT2D eigenvalue weighted by molar-refractivity contribution is -0.0139. The highest BCUT2D eigenvalue weighted by atomic mass is 28.3. The Morgan fingerprint density at radius 1 is 0.889 bits per heavy atom. The van der Waals surface area contributed by atoms with Crippen molar-refractivity contribution in [1.29, 1.82) is 0 Å². The second-order valence-corrected chi connectivity index (χ2v) is 6.17. The van der Waals surface area contributed by atoms with E-state index in [0.717, 1.165) is 38.6 Å². The van der Waals surface area contributed by atoms with E-state index in [1.807, 2.05) is 13.8 Å². The van der Waals surface area contributed by atoms with Crippen LogP contribution in [0.25, 0.3) is 0 Å². The van der Waals surface area contributed by atoms with Crippen molar-refractivity contribution >= 4 is 9.28 Å². The van der Waals surface area contributed by atoms with Crippen molar-refractivity contribution in [2.45, 2.75) is 32.7 Å². The molecule has 0 saturated carbocycles. The normalized spacial score (nSPS) is 11.7. The van der Waals surface area contributed by atoms with E-state index in [1.54, 1.807) is 14.2 Å². The molecule has 5 nitrogen and oxygen atoms in total. The Labute approximate surface area is 113 Å². The van der Waals surface area contributed by atoms with Crippen LogP contribution in [-0.2, 0) is 18.3 Å². The van der Waals surface area contributed by atoms with Crippen molar-refractivity contribution in [2.24, 2.45) is 0 Å². The minimum absolute atomic E-state index is 0.617. The van der Waals surface area contributed by atoms with Gasteiger partial charge in [0.1, 0.15) is 13.5 Å². The first kappa shape index (κ1) is 18.0. The van der Waals surface area contributed by atoms with Gasteiger partial charge in [-0.15, -0.1) is 0 Å². The van der Waals surface area contributed by atoms with Gasteiger partial charge in [-0.2, -0.15) is 0 Å². The van der Waals surface area contributed by atoms with E-state index in [0.29, 0.717) is 13.5 Å². The molecule has 0 aliphatic carbocycles. The molecule has 0 saturated heterocycles. The zero-order valence-electron chi connectivity index (χ0n) is 12.3. The SMILES string of the molecule is CCO[SiH](CCCCN(COC)COC)OCC. The Bertz CT molecular complexity index is 144. The lowest BCUT2D eigenvalue weighted by Gasteiger charge is -2.20. The van der Waals surface area contributed by atoms with Crippen LogP contribution in [0.1, 0.15) is 26.7 Å². The molecule has 6 heteroatoms. The van der Waals surface area contributed by atoms with Crippen molar-refractivity contribution in [1.82, 2.24) is 4.90 Å². The van der Waals surface area contributed by atoms with E-state index in [2.05, 4.69) is 4.90 Å². The van der Waals surface area contributed by atoms with Crippen molar-refractivity contribution in [2.75, 3.05) is 47.4 Å². The molecule has 0 aliphatic rings. The first-order valence-electron chi connectivity index (χ1n) is 6.71. The molecule has 0 aromatic rings. The maximum Gasteiger partial charge on any atom is 0.321 e. The van der Waals surface area contributed by atoms with Crippen molar-refractivity contribution in [3.63, 3.8) is 0 Å². The van der Waals surface area contributed by atoms with Crippen LogP contribution in [0, 0.1) is 0 Å².